The number of thiocarbonyl (C=S) groups is 1. The first-order chi connectivity index (χ1) is 8.01. The number of carbonyl (C=O) groups is 1. The lowest BCUT2D eigenvalue weighted by molar-refractivity contribution is 0.101. The summed E-state index contributed by atoms with van der Waals surface area (Å²) in [7, 11) is 0. The van der Waals surface area contributed by atoms with E-state index in [1.165, 1.54) is 6.92 Å². The molecule has 0 saturated heterocycles. The summed E-state index contributed by atoms with van der Waals surface area (Å²) >= 11 is 4.98. The van der Waals surface area contributed by atoms with E-state index >= 15 is 0 Å². The van der Waals surface area contributed by atoms with E-state index < -0.39 is 0 Å². The van der Waals surface area contributed by atoms with E-state index in [0.29, 0.717) is 23.0 Å². The number of furan rings is 1. The van der Waals surface area contributed by atoms with E-state index in [2.05, 4.69) is 10.6 Å². The van der Waals surface area contributed by atoms with Crippen molar-refractivity contribution in [2.45, 2.75) is 20.8 Å². The largest absolute Gasteiger partial charge is 0.443 e. The van der Waals surface area contributed by atoms with Gasteiger partial charge in [0.15, 0.2) is 10.9 Å². The molecule has 0 aliphatic rings. The summed E-state index contributed by atoms with van der Waals surface area (Å²) in [6.45, 7) is 5.59. The van der Waals surface area contributed by atoms with Crippen LogP contribution in [-0.4, -0.2) is 17.4 Å². The highest BCUT2D eigenvalue weighted by Crippen LogP contribution is 2.26. The maximum atomic E-state index is 11.4. The third-order valence-electron chi connectivity index (χ3n) is 2.11. The molecule has 0 aromatic carbocycles. The standard InChI is InChI=1S/C11H13N3O2S/c1-4-13-11(17)14-10-8(5-12)9(6(2)15)7(3)16-10/h4H2,1-3H3,(H2,13,14,17). The summed E-state index contributed by atoms with van der Waals surface area (Å²) in [5.41, 5.74) is 0.490. The van der Waals surface area contributed by atoms with Gasteiger partial charge in [-0.15, -0.1) is 0 Å². The number of Topliss-reactive ketones (excluding diaryl/α,β-unsaturated/α-hetero) is 1. The lowest BCUT2D eigenvalue weighted by atomic mass is 10.1. The van der Waals surface area contributed by atoms with Crippen LogP contribution in [0.5, 0.6) is 0 Å². The van der Waals surface area contributed by atoms with E-state index in [4.69, 9.17) is 21.9 Å². The number of rotatable bonds is 3. The fourth-order valence-corrected chi connectivity index (χ4v) is 1.71. The Hall–Kier alpha value is -1.87. The van der Waals surface area contributed by atoms with Crippen molar-refractivity contribution in [1.29, 1.82) is 5.26 Å². The average molecular weight is 251 g/mol. The van der Waals surface area contributed by atoms with Gasteiger partial charge in [-0.2, -0.15) is 5.26 Å². The first kappa shape index (κ1) is 13.2. The van der Waals surface area contributed by atoms with Gasteiger partial charge in [0.05, 0.1) is 5.56 Å². The highest BCUT2D eigenvalue weighted by atomic mass is 32.1. The third kappa shape index (κ3) is 2.82. The molecule has 1 heterocycles. The summed E-state index contributed by atoms with van der Waals surface area (Å²) in [6.07, 6.45) is 0. The molecule has 2 N–H and O–H groups in total. The molecule has 0 unspecified atom stereocenters. The van der Waals surface area contributed by atoms with Crippen LogP contribution < -0.4 is 10.6 Å². The lowest BCUT2D eigenvalue weighted by Crippen LogP contribution is -2.28. The Bertz CT molecular complexity index is 500. The van der Waals surface area contributed by atoms with Crippen LogP contribution in [-0.2, 0) is 0 Å². The summed E-state index contributed by atoms with van der Waals surface area (Å²) in [5.74, 6) is 0.419. The van der Waals surface area contributed by atoms with Gasteiger partial charge in [-0.3, -0.25) is 4.79 Å². The van der Waals surface area contributed by atoms with Crippen LogP contribution >= 0.6 is 12.2 Å². The van der Waals surface area contributed by atoms with Crippen LogP contribution in [0.1, 0.15) is 35.5 Å². The van der Waals surface area contributed by atoms with Crippen molar-refractivity contribution < 1.29 is 9.21 Å². The third-order valence-corrected chi connectivity index (χ3v) is 2.36. The molecule has 5 nitrogen and oxygen atoms in total. The Kier molecular flexibility index (Phi) is 4.24. The molecule has 0 saturated carbocycles. The van der Waals surface area contributed by atoms with Gasteiger partial charge in [0.1, 0.15) is 17.4 Å². The smallest absolute Gasteiger partial charge is 0.217 e. The van der Waals surface area contributed by atoms with E-state index in [9.17, 15) is 4.79 Å². The fraction of sp³-hybridized carbons (Fsp3) is 0.364. The zero-order chi connectivity index (χ0) is 13.0. The molecule has 1 aromatic rings. The second kappa shape index (κ2) is 5.46. The molecular formula is C11H13N3O2S. The van der Waals surface area contributed by atoms with E-state index in [1.54, 1.807) is 6.92 Å². The molecule has 0 bridgehead atoms. The van der Waals surface area contributed by atoms with Gasteiger partial charge in [0.2, 0.25) is 5.88 Å². The SMILES string of the molecule is CCNC(=S)Nc1oc(C)c(C(C)=O)c1C#N. The van der Waals surface area contributed by atoms with E-state index in [-0.39, 0.29) is 17.2 Å². The maximum Gasteiger partial charge on any atom is 0.217 e. The minimum absolute atomic E-state index is 0.190. The Morgan fingerprint density at radius 2 is 2.24 bits per heavy atom. The summed E-state index contributed by atoms with van der Waals surface area (Å²) < 4.78 is 5.33. The van der Waals surface area contributed by atoms with Gasteiger partial charge < -0.3 is 15.1 Å². The molecule has 0 aliphatic carbocycles. The number of hydrogen-bond acceptors (Lipinski definition) is 4. The van der Waals surface area contributed by atoms with Gasteiger partial charge in [0.25, 0.3) is 0 Å². The molecule has 0 atom stereocenters. The van der Waals surface area contributed by atoms with Crippen molar-refractivity contribution in [1.82, 2.24) is 5.32 Å². The first-order valence-corrected chi connectivity index (χ1v) is 5.51. The van der Waals surface area contributed by atoms with Gasteiger partial charge >= 0.3 is 0 Å². The molecule has 17 heavy (non-hydrogen) atoms. The number of nitrogens with zero attached hydrogens (tertiary/aromatic N) is 1. The first-order valence-electron chi connectivity index (χ1n) is 5.10. The van der Waals surface area contributed by atoms with Crippen molar-refractivity contribution in [3.63, 3.8) is 0 Å². The van der Waals surface area contributed by atoms with Gasteiger partial charge in [-0.1, -0.05) is 0 Å². The van der Waals surface area contributed by atoms with Crippen molar-refractivity contribution in [3.8, 4) is 6.07 Å². The Labute approximate surface area is 105 Å². The molecule has 6 heteroatoms. The predicted molar refractivity (Wildman–Crippen MR) is 68.1 cm³/mol. The lowest BCUT2D eigenvalue weighted by Gasteiger charge is -2.05. The highest BCUT2D eigenvalue weighted by molar-refractivity contribution is 7.80. The number of hydrogen-bond donors (Lipinski definition) is 2. The molecule has 0 amide bonds. The monoisotopic (exact) mass is 251 g/mol. The molecule has 0 spiro atoms. The fourth-order valence-electron chi connectivity index (χ4n) is 1.47. The van der Waals surface area contributed by atoms with Crippen LogP contribution in [0.4, 0.5) is 5.88 Å². The quantitative estimate of drug-likeness (QED) is 0.631. The zero-order valence-electron chi connectivity index (χ0n) is 9.88. The van der Waals surface area contributed by atoms with E-state index in [1.807, 2.05) is 13.0 Å². The molecule has 0 aliphatic heterocycles. The summed E-state index contributed by atoms with van der Waals surface area (Å²) in [4.78, 5) is 11.4. The van der Waals surface area contributed by atoms with Crippen molar-refractivity contribution in [2.24, 2.45) is 0 Å². The number of anilines is 1. The number of nitrogens with one attached hydrogen (secondary N) is 2. The molecule has 0 radical (unpaired) electrons. The minimum Gasteiger partial charge on any atom is -0.443 e. The summed E-state index contributed by atoms with van der Waals surface area (Å²) in [6, 6.07) is 1.95. The second-order valence-corrected chi connectivity index (χ2v) is 3.80. The highest BCUT2D eigenvalue weighted by Gasteiger charge is 2.21. The minimum atomic E-state index is -0.204. The topological polar surface area (TPSA) is 78.1 Å². The van der Waals surface area contributed by atoms with Gasteiger partial charge in [-0.25, -0.2) is 0 Å². The molecular weight excluding hydrogens is 238 g/mol. The van der Waals surface area contributed by atoms with Crippen LogP contribution in [0.15, 0.2) is 4.42 Å². The number of nitriles is 1. The van der Waals surface area contributed by atoms with Crippen LogP contribution in [0.25, 0.3) is 0 Å². The molecule has 0 fully saturated rings. The molecule has 1 rings (SSSR count). The summed E-state index contributed by atoms with van der Waals surface area (Å²) in [5, 5.41) is 15.0. The van der Waals surface area contributed by atoms with Gasteiger partial charge in [-0.05, 0) is 33.0 Å². The number of aryl methyl sites for hydroxylation is 1. The Morgan fingerprint density at radius 1 is 1.59 bits per heavy atom. The van der Waals surface area contributed by atoms with Crippen LogP contribution in [0.3, 0.4) is 0 Å². The Balaban J connectivity index is 3.10. The van der Waals surface area contributed by atoms with Crippen LogP contribution in [0.2, 0.25) is 0 Å². The zero-order valence-corrected chi connectivity index (χ0v) is 10.7. The Morgan fingerprint density at radius 3 is 2.71 bits per heavy atom. The molecule has 90 valence electrons. The number of ketones is 1. The average Bonchev–Trinajstić information content (AvgIpc) is 2.54. The van der Waals surface area contributed by atoms with Crippen molar-refractivity contribution in [2.75, 3.05) is 11.9 Å². The predicted octanol–water partition coefficient (Wildman–Crippen LogP) is 1.97. The normalized spacial score (nSPS) is 9.53. The second-order valence-electron chi connectivity index (χ2n) is 3.39. The molecule has 1 aromatic heterocycles. The maximum absolute atomic E-state index is 11.4. The number of carbonyl (C=O) groups excluding carboxylic acids is 1. The van der Waals surface area contributed by atoms with Crippen molar-refractivity contribution >= 4 is 29.0 Å². The van der Waals surface area contributed by atoms with Crippen molar-refractivity contribution in [3.05, 3.63) is 16.9 Å². The van der Waals surface area contributed by atoms with E-state index in [0.717, 1.165) is 0 Å². The van der Waals surface area contributed by atoms with Crippen LogP contribution in [0, 0.1) is 18.3 Å². The van der Waals surface area contributed by atoms with Gasteiger partial charge in [0, 0.05) is 6.54 Å².